The number of aryl methyl sites for hydroxylation is 3. The molecule has 9 aromatic heterocycles. The lowest BCUT2D eigenvalue weighted by molar-refractivity contribution is -0.141. The third kappa shape index (κ3) is 45.9. The number of hydrogen-bond donors (Lipinski definition) is 0. The lowest BCUT2D eigenvalue weighted by Gasteiger charge is -2.19. The van der Waals surface area contributed by atoms with Crippen molar-refractivity contribution in [2.24, 2.45) is 0 Å². The van der Waals surface area contributed by atoms with Crippen LogP contribution in [0.4, 0.5) is 30.7 Å². The Labute approximate surface area is 803 Å². The summed E-state index contributed by atoms with van der Waals surface area (Å²) in [5.41, 5.74) is 14.2. The van der Waals surface area contributed by atoms with Gasteiger partial charge in [-0.2, -0.15) is 22.8 Å². The maximum atomic E-state index is 13.4. The Kier molecular flexibility index (Phi) is 51.1. The van der Waals surface area contributed by atoms with Gasteiger partial charge in [-0.15, -0.1) is 0 Å². The van der Waals surface area contributed by atoms with E-state index in [2.05, 4.69) is 230 Å². The van der Waals surface area contributed by atoms with Crippen molar-refractivity contribution in [1.82, 2.24) is 49.8 Å². The quantitative estimate of drug-likeness (QED) is 0.115. The predicted molar refractivity (Wildman–Crippen MR) is 537 cm³/mol. The third-order valence-electron chi connectivity index (χ3n) is 18.8. The van der Waals surface area contributed by atoms with Gasteiger partial charge in [-0.05, 0) is 230 Å². The first-order chi connectivity index (χ1) is 58.8. The SMILES string of the molecule is C.C.CC(C)(C)c1cccc(C2CC2)n1.CC(C)(C)c1cccc(Cl)c1F.CC(C)(C)c1cccc(F)n1.CC(C)(C)c1cncc(Br)c1.CC(C)(C)c1cncc(C#N)c1.CC(C)(C)c1cncc(Cl)c1.CC(C)c1cccc(C(F)(F)F)n1.COc1cccc(C(C)C)c1F.Cc1ccc(F)c(C(C)(C)C)n1.Cc1cccc(C(C)C)n1.Cc1ncc(C(C)C)nc1Br. The second kappa shape index (κ2) is 54.9. The van der Waals surface area contributed by atoms with Gasteiger partial charge in [-0.1, -0.05) is 287 Å². The first-order valence-corrected chi connectivity index (χ1v) is 45.2. The van der Waals surface area contributed by atoms with Crippen molar-refractivity contribution in [1.29, 1.82) is 5.26 Å². The molecule has 1 fully saturated rings. The van der Waals surface area contributed by atoms with E-state index in [1.165, 1.54) is 66.4 Å². The fourth-order valence-electron chi connectivity index (χ4n) is 10.7. The average Bonchev–Trinajstić information content (AvgIpc) is 1.11. The summed E-state index contributed by atoms with van der Waals surface area (Å²) >= 11 is 18.2. The Morgan fingerprint density at radius 3 is 1.29 bits per heavy atom. The minimum absolute atomic E-state index is 0. The van der Waals surface area contributed by atoms with Crippen LogP contribution in [0.3, 0.4) is 0 Å². The van der Waals surface area contributed by atoms with Gasteiger partial charge in [0.05, 0.1) is 39.8 Å². The summed E-state index contributed by atoms with van der Waals surface area (Å²) in [7, 11) is 1.47. The molecule has 0 aliphatic heterocycles. The van der Waals surface area contributed by atoms with Crippen molar-refractivity contribution in [3.63, 3.8) is 0 Å². The van der Waals surface area contributed by atoms with Gasteiger partial charge in [0.2, 0.25) is 5.95 Å². The van der Waals surface area contributed by atoms with Gasteiger partial charge in [-0.25, -0.2) is 28.1 Å². The van der Waals surface area contributed by atoms with Crippen molar-refractivity contribution in [2.75, 3.05) is 7.11 Å². The summed E-state index contributed by atoms with van der Waals surface area (Å²) in [6.07, 6.45) is 10.7. The second-order valence-corrected chi connectivity index (χ2v) is 41.9. The van der Waals surface area contributed by atoms with Crippen molar-refractivity contribution >= 4 is 55.1 Å². The summed E-state index contributed by atoms with van der Waals surface area (Å²) in [5.74, 6) is 1.12. The number of nitriles is 1. The van der Waals surface area contributed by atoms with Crippen LogP contribution in [0.15, 0.2) is 192 Å². The van der Waals surface area contributed by atoms with E-state index in [0.717, 1.165) is 55.1 Å². The molecule has 2 aromatic carbocycles. The standard InChI is InChI=1S/C12H17N.C10H12ClF.C10H14FN.C10H13FO.C10H12N2.C9H12BrN.C9H12ClN.C9H10F3N.C9H12FN.C9H13N.C8H11BrN2.2CH4/c1-12(2,3)11-6-4-5-10(13-11)9-7-8-9;1-10(2,3)7-5-4-6-8(11)9(7)12;1-7-5-6-8(11)9(12-7)10(2,3)4;1-7(2)8-5-4-6-9(12-3)10(8)11;1-10(2,3)9-4-8(5-11)6-12-7-9;2*1-9(2,3)7-4-8(10)6-11-5-7;1-6(2)7-4-3-5-8(13-7)9(10,11)12;1-9(2,3)7-5-4-6-8(10)11-7;1-7(2)9-6-4-5-8(3)10-9;1-5(2)7-4-10-6(3)8(9)11-7;;/h4-6,9H,7-8H2,1-3H3;4-6H,1-3H3;5-6H,1-4H3;4-7H,1-3H3;4,6-7H,1-3H3;2*4-6H,1-3H3;3-6H,1-2H3;4-6H,1-3H3;4-7H,1-3H3;4-5H,1-3H3;2*1H4. The largest absolute Gasteiger partial charge is 0.494 e. The van der Waals surface area contributed by atoms with Crippen LogP contribution in [0.5, 0.6) is 5.75 Å². The van der Waals surface area contributed by atoms with Crippen LogP contribution in [0.25, 0.3) is 0 Å². The zero-order valence-electron chi connectivity index (χ0n) is 81.6. The van der Waals surface area contributed by atoms with Gasteiger partial charge in [0, 0.05) is 110 Å². The molecule has 0 atom stereocenters. The van der Waals surface area contributed by atoms with Crippen molar-refractivity contribution in [3.8, 4) is 11.8 Å². The van der Waals surface area contributed by atoms with E-state index in [1.807, 2.05) is 154 Å². The van der Waals surface area contributed by atoms with E-state index in [1.54, 1.807) is 79.4 Å². The van der Waals surface area contributed by atoms with Gasteiger partial charge in [0.25, 0.3) is 0 Å². The predicted octanol–water partition coefficient (Wildman–Crippen LogP) is 33.4. The summed E-state index contributed by atoms with van der Waals surface area (Å²) in [5, 5.41) is 9.54. The molecular formula is C107H146Br2Cl2F7N11O. The smallest absolute Gasteiger partial charge is 0.433 e. The van der Waals surface area contributed by atoms with Gasteiger partial charge < -0.3 is 4.74 Å². The molecule has 0 N–H and O–H groups in total. The van der Waals surface area contributed by atoms with E-state index < -0.39 is 17.8 Å². The molecule has 1 aliphatic rings. The number of rotatable bonds is 6. The number of benzene rings is 2. The van der Waals surface area contributed by atoms with E-state index in [9.17, 15) is 30.7 Å². The summed E-state index contributed by atoms with van der Waals surface area (Å²) in [6, 6.07) is 42.9. The van der Waals surface area contributed by atoms with Gasteiger partial charge in [-0.3, -0.25) is 34.9 Å². The Morgan fingerprint density at radius 1 is 0.431 bits per heavy atom. The highest BCUT2D eigenvalue weighted by Crippen LogP contribution is 2.40. The molecule has 712 valence electrons. The van der Waals surface area contributed by atoms with Crippen LogP contribution >= 0.6 is 55.1 Å². The molecule has 11 aromatic rings. The highest BCUT2D eigenvalue weighted by Gasteiger charge is 2.33. The van der Waals surface area contributed by atoms with Crippen LogP contribution in [0.2, 0.25) is 10.0 Å². The summed E-state index contributed by atoms with van der Waals surface area (Å²) in [4.78, 5) is 41.2. The number of alkyl halides is 3. The maximum absolute atomic E-state index is 13.4. The number of ether oxygens (including phenoxy) is 1. The fraction of sp³-hybridized carbons (Fsp3) is 0.467. The molecule has 1 saturated carbocycles. The Bertz CT molecular complexity index is 5040. The summed E-state index contributed by atoms with van der Waals surface area (Å²) < 4.78 is 95.8. The number of nitrogens with zero attached hydrogens (tertiary/aromatic N) is 11. The van der Waals surface area contributed by atoms with Crippen LogP contribution in [-0.4, -0.2) is 56.9 Å². The molecule has 12 nitrogen and oxygen atoms in total. The summed E-state index contributed by atoms with van der Waals surface area (Å²) in [6.45, 7) is 65.5. The lowest BCUT2D eigenvalue weighted by atomic mass is 9.87. The highest BCUT2D eigenvalue weighted by molar-refractivity contribution is 9.10. The highest BCUT2D eigenvalue weighted by atomic mass is 79.9. The number of hydrogen-bond acceptors (Lipinski definition) is 12. The number of methoxy groups -OCH3 is 1. The monoisotopic (exact) mass is 1960 g/mol. The van der Waals surface area contributed by atoms with Crippen molar-refractivity contribution in [3.05, 3.63) is 321 Å². The molecule has 0 saturated heterocycles. The fourth-order valence-corrected chi connectivity index (χ4v) is 11.7. The number of aromatic nitrogens is 10. The minimum atomic E-state index is -4.34. The lowest BCUT2D eigenvalue weighted by Crippen LogP contribution is -2.16. The average molecular weight is 1970 g/mol. The first kappa shape index (κ1) is 121. The molecule has 0 bridgehead atoms. The van der Waals surface area contributed by atoms with E-state index in [0.29, 0.717) is 50.7 Å². The van der Waals surface area contributed by atoms with Crippen LogP contribution in [0, 0.1) is 55.5 Å². The number of halogens is 11. The third-order valence-corrected chi connectivity index (χ3v) is 20.5. The first-order valence-electron chi connectivity index (χ1n) is 42.9. The molecular weight excluding hydrogens is 1820 g/mol. The van der Waals surface area contributed by atoms with Crippen LogP contribution in [-0.2, 0) is 44.1 Å². The maximum Gasteiger partial charge on any atom is 0.433 e. The topological polar surface area (TPSA) is 162 Å². The van der Waals surface area contributed by atoms with E-state index in [4.69, 9.17) is 38.2 Å². The van der Waals surface area contributed by atoms with E-state index in [-0.39, 0.29) is 87.1 Å². The molecule has 0 radical (unpaired) electrons. The van der Waals surface area contributed by atoms with Crippen LogP contribution in [0.1, 0.15) is 354 Å². The van der Waals surface area contributed by atoms with E-state index >= 15 is 0 Å². The van der Waals surface area contributed by atoms with Gasteiger partial charge in [0.1, 0.15) is 28.0 Å². The van der Waals surface area contributed by atoms with Crippen molar-refractivity contribution < 1.29 is 35.5 Å². The van der Waals surface area contributed by atoms with Gasteiger partial charge >= 0.3 is 6.18 Å². The molecule has 9 heterocycles. The second-order valence-electron chi connectivity index (χ2n) is 39.4. The molecule has 12 rings (SSSR count). The minimum Gasteiger partial charge on any atom is -0.494 e. The Morgan fingerprint density at radius 2 is 0.892 bits per heavy atom. The molecule has 1 aliphatic carbocycles. The zero-order valence-corrected chi connectivity index (χ0v) is 86.3. The molecule has 23 heteroatoms. The molecule has 0 amide bonds. The normalized spacial score (nSPS) is 11.7. The molecule has 130 heavy (non-hydrogen) atoms. The van der Waals surface area contributed by atoms with Crippen molar-refractivity contribution in [2.45, 2.75) is 323 Å². The Hall–Kier alpha value is -8.94. The Balaban J connectivity index is 0.00000141. The number of pyridine rings is 8. The zero-order chi connectivity index (χ0) is 98.0. The van der Waals surface area contributed by atoms with Crippen LogP contribution < -0.4 is 4.74 Å². The van der Waals surface area contributed by atoms with Gasteiger partial charge in [0.15, 0.2) is 11.6 Å². The molecule has 0 unspecified atom stereocenters. The molecule has 0 spiro atoms.